The zero-order chi connectivity index (χ0) is 19.3. The lowest BCUT2D eigenvalue weighted by Crippen LogP contribution is -2.04. The van der Waals surface area contributed by atoms with Crippen molar-refractivity contribution in [1.29, 1.82) is 0 Å². The molecule has 0 amide bonds. The van der Waals surface area contributed by atoms with Gasteiger partial charge in [0, 0.05) is 23.1 Å². The molecule has 6 nitrogen and oxygen atoms in total. The van der Waals surface area contributed by atoms with Gasteiger partial charge in [0.1, 0.15) is 28.6 Å². The van der Waals surface area contributed by atoms with Crippen LogP contribution in [0.15, 0.2) is 54.8 Å². The summed E-state index contributed by atoms with van der Waals surface area (Å²) in [7, 11) is 1.54. The minimum absolute atomic E-state index is 0.127. The van der Waals surface area contributed by atoms with E-state index in [1.807, 2.05) is 0 Å². The quantitative estimate of drug-likeness (QED) is 0.580. The molecule has 2 aromatic carbocycles. The minimum Gasteiger partial charge on any atom is -0.508 e. The maximum Gasteiger partial charge on any atom is 0.343 e. The molecule has 2 heterocycles. The molecule has 0 unspecified atom stereocenters. The number of aryl methyl sites for hydroxylation is 2. The van der Waals surface area contributed by atoms with Crippen LogP contribution in [-0.2, 0) is 0 Å². The van der Waals surface area contributed by atoms with Crippen LogP contribution >= 0.6 is 0 Å². The van der Waals surface area contributed by atoms with Crippen molar-refractivity contribution in [2.24, 2.45) is 0 Å². The fraction of sp³-hybridized carbons (Fsp3) is 0.143. The molecule has 0 aliphatic carbocycles. The topological polar surface area (TPSA) is 89.9 Å². The van der Waals surface area contributed by atoms with Crippen molar-refractivity contribution < 1.29 is 18.7 Å². The van der Waals surface area contributed by atoms with Crippen LogP contribution in [0.4, 0.5) is 0 Å². The zero-order valence-electron chi connectivity index (χ0n) is 15.0. The largest absolute Gasteiger partial charge is 0.508 e. The first kappa shape index (κ1) is 16.9. The number of hydrogen-bond donors (Lipinski definition) is 1. The van der Waals surface area contributed by atoms with E-state index in [2.05, 4.69) is 0 Å². The summed E-state index contributed by atoms with van der Waals surface area (Å²) in [6.45, 7) is 3.46. The predicted octanol–water partition coefficient (Wildman–Crippen LogP) is 3.90. The molecular formula is C21H16O6. The van der Waals surface area contributed by atoms with Crippen molar-refractivity contribution in [2.45, 2.75) is 13.8 Å². The van der Waals surface area contributed by atoms with Crippen molar-refractivity contribution in [2.75, 3.05) is 7.11 Å². The Balaban J connectivity index is 2.11. The third-order valence-electron chi connectivity index (χ3n) is 4.49. The zero-order valence-corrected chi connectivity index (χ0v) is 15.0. The molecule has 2 aromatic heterocycles. The second-order valence-corrected chi connectivity index (χ2v) is 6.39. The number of phenols is 1. The maximum atomic E-state index is 12.7. The van der Waals surface area contributed by atoms with Gasteiger partial charge in [0.05, 0.1) is 17.9 Å². The summed E-state index contributed by atoms with van der Waals surface area (Å²) in [5.41, 5.74) is 0.748. The van der Waals surface area contributed by atoms with Gasteiger partial charge in [-0.15, -0.1) is 0 Å². The van der Waals surface area contributed by atoms with Crippen LogP contribution in [0, 0.1) is 13.8 Å². The molecule has 0 aliphatic rings. The summed E-state index contributed by atoms with van der Waals surface area (Å²) in [6, 6.07) is 9.22. The molecule has 0 spiro atoms. The molecule has 0 aliphatic heterocycles. The van der Waals surface area contributed by atoms with Gasteiger partial charge >= 0.3 is 5.63 Å². The van der Waals surface area contributed by atoms with E-state index < -0.39 is 5.63 Å². The minimum atomic E-state index is -0.567. The second-order valence-electron chi connectivity index (χ2n) is 6.39. The Bertz CT molecular complexity index is 1330. The van der Waals surface area contributed by atoms with Crippen LogP contribution < -0.4 is 15.8 Å². The Kier molecular flexibility index (Phi) is 3.77. The highest BCUT2D eigenvalue weighted by Crippen LogP contribution is 2.33. The van der Waals surface area contributed by atoms with E-state index in [0.29, 0.717) is 33.4 Å². The molecule has 0 saturated carbocycles. The lowest BCUT2D eigenvalue weighted by Gasteiger charge is -2.10. The molecule has 0 fully saturated rings. The van der Waals surface area contributed by atoms with E-state index in [9.17, 15) is 14.7 Å². The van der Waals surface area contributed by atoms with Gasteiger partial charge in [-0.1, -0.05) is 0 Å². The monoisotopic (exact) mass is 364 g/mol. The van der Waals surface area contributed by atoms with Crippen molar-refractivity contribution in [1.82, 2.24) is 0 Å². The van der Waals surface area contributed by atoms with Gasteiger partial charge in [0.15, 0.2) is 5.43 Å². The van der Waals surface area contributed by atoms with Crippen molar-refractivity contribution in [3.8, 4) is 22.8 Å². The van der Waals surface area contributed by atoms with Crippen LogP contribution in [0.2, 0.25) is 0 Å². The van der Waals surface area contributed by atoms with Crippen LogP contribution in [0.5, 0.6) is 11.5 Å². The number of fused-ring (bicyclic) bond motifs is 2. The molecule has 0 atom stereocenters. The van der Waals surface area contributed by atoms with Crippen LogP contribution in [0.25, 0.3) is 33.1 Å². The Labute approximate surface area is 153 Å². The Hall–Kier alpha value is -3.54. The average molecular weight is 364 g/mol. The molecular weight excluding hydrogens is 348 g/mol. The summed E-state index contributed by atoms with van der Waals surface area (Å²) in [5.74, 6) is 1.10. The molecule has 4 rings (SSSR count). The number of rotatable bonds is 2. The van der Waals surface area contributed by atoms with Gasteiger partial charge in [-0.05, 0) is 43.7 Å². The van der Waals surface area contributed by atoms with E-state index in [1.165, 1.54) is 25.3 Å². The SMILES string of the molecule is COc1cc(C)c2c(=O)cc(-c3cc(O)cc4c(=O)oc(C)cc34)oc2c1. The number of phenolic OH excluding ortho intramolecular Hbond substituents is 1. The summed E-state index contributed by atoms with van der Waals surface area (Å²) < 4.78 is 16.3. The Morgan fingerprint density at radius 1 is 0.926 bits per heavy atom. The van der Waals surface area contributed by atoms with Gasteiger partial charge in [-0.25, -0.2) is 4.79 Å². The highest BCUT2D eigenvalue weighted by atomic mass is 16.5. The van der Waals surface area contributed by atoms with Gasteiger partial charge in [-0.3, -0.25) is 4.79 Å². The Morgan fingerprint density at radius 2 is 1.70 bits per heavy atom. The molecule has 136 valence electrons. The van der Waals surface area contributed by atoms with E-state index in [1.54, 1.807) is 32.0 Å². The summed E-state index contributed by atoms with van der Waals surface area (Å²) in [6.07, 6.45) is 0. The smallest absolute Gasteiger partial charge is 0.343 e. The first-order chi connectivity index (χ1) is 12.9. The molecule has 27 heavy (non-hydrogen) atoms. The van der Waals surface area contributed by atoms with Crippen molar-refractivity contribution in [3.05, 3.63) is 68.4 Å². The van der Waals surface area contributed by atoms with E-state index in [-0.39, 0.29) is 22.3 Å². The molecule has 0 radical (unpaired) electrons. The third kappa shape index (κ3) is 2.75. The third-order valence-corrected chi connectivity index (χ3v) is 4.49. The fourth-order valence-electron chi connectivity index (χ4n) is 3.31. The first-order valence-corrected chi connectivity index (χ1v) is 8.27. The van der Waals surface area contributed by atoms with Gasteiger partial charge < -0.3 is 18.7 Å². The van der Waals surface area contributed by atoms with Crippen molar-refractivity contribution >= 4 is 21.7 Å². The highest BCUT2D eigenvalue weighted by molar-refractivity contribution is 5.97. The van der Waals surface area contributed by atoms with Crippen molar-refractivity contribution in [3.63, 3.8) is 0 Å². The standard InChI is InChI=1S/C21H16O6/c1-10-4-13(25-3)8-19-20(10)17(23)9-18(27-19)15-6-12(22)7-16-14(15)5-11(2)26-21(16)24/h4-9,22H,1-3H3. The van der Waals surface area contributed by atoms with Gasteiger partial charge in [0.25, 0.3) is 0 Å². The number of aromatic hydroxyl groups is 1. The predicted molar refractivity (Wildman–Crippen MR) is 102 cm³/mol. The van der Waals surface area contributed by atoms with E-state index in [0.717, 1.165) is 5.56 Å². The number of ether oxygens (including phenoxy) is 1. The first-order valence-electron chi connectivity index (χ1n) is 8.27. The highest BCUT2D eigenvalue weighted by Gasteiger charge is 2.16. The molecule has 1 N–H and O–H groups in total. The maximum absolute atomic E-state index is 12.7. The summed E-state index contributed by atoms with van der Waals surface area (Å²) in [4.78, 5) is 24.9. The van der Waals surface area contributed by atoms with E-state index in [4.69, 9.17) is 13.6 Å². The number of methoxy groups -OCH3 is 1. The van der Waals surface area contributed by atoms with Gasteiger partial charge in [0.2, 0.25) is 0 Å². The molecule has 0 saturated heterocycles. The number of benzene rings is 2. The van der Waals surface area contributed by atoms with Crippen LogP contribution in [0.3, 0.4) is 0 Å². The molecule has 0 bridgehead atoms. The van der Waals surface area contributed by atoms with Gasteiger partial charge in [-0.2, -0.15) is 0 Å². The van der Waals surface area contributed by atoms with E-state index >= 15 is 0 Å². The van der Waals surface area contributed by atoms with Crippen LogP contribution in [0.1, 0.15) is 11.3 Å². The van der Waals surface area contributed by atoms with Crippen LogP contribution in [-0.4, -0.2) is 12.2 Å². The summed E-state index contributed by atoms with van der Waals surface area (Å²) in [5, 5.41) is 11.3. The lowest BCUT2D eigenvalue weighted by atomic mass is 10.0. The fourth-order valence-corrected chi connectivity index (χ4v) is 3.31. The normalized spacial score (nSPS) is 11.2. The molecule has 6 heteroatoms. The lowest BCUT2D eigenvalue weighted by molar-refractivity contribution is 0.414. The average Bonchev–Trinajstić information content (AvgIpc) is 2.61. The molecule has 4 aromatic rings. The number of hydrogen-bond acceptors (Lipinski definition) is 6. The Morgan fingerprint density at radius 3 is 2.44 bits per heavy atom. The summed E-state index contributed by atoms with van der Waals surface area (Å²) >= 11 is 0. The second kappa shape index (κ2) is 6.02.